The van der Waals surface area contributed by atoms with Gasteiger partial charge in [0.15, 0.2) is 9.84 Å². The number of aryl methyl sites for hydroxylation is 1. The molecule has 0 fully saturated rings. The number of hydrazone groups is 1. The largest absolute Gasteiger partial charge is 0.323 e. The first-order valence-electron chi connectivity index (χ1n) is 12.0. The number of alkyl halides is 2. The number of nitrogens with two attached hydrogens (primary N) is 1. The van der Waals surface area contributed by atoms with Gasteiger partial charge in [-0.05, 0) is 60.0 Å². The third kappa shape index (κ3) is 6.40. The molecule has 0 radical (unpaired) electrons. The van der Waals surface area contributed by atoms with Gasteiger partial charge in [0.2, 0.25) is 0 Å². The monoisotopic (exact) mass is 569 g/mol. The van der Waals surface area contributed by atoms with Crippen molar-refractivity contribution >= 4 is 33.4 Å². The molecule has 0 amide bonds. The Morgan fingerprint density at radius 3 is 2.46 bits per heavy atom. The van der Waals surface area contributed by atoms with Crippen LogP contribution in [0.4, 0.5) is 8.78 Å². The quantitative estimate of drug-likeness (QED) is 0.148. The SMILES string of the molecule is CCS(=O)(=O)c1cccc(-c2ccc(-n3cc(C(F)F)nc3C)c(C(C=NN)=NCc3ccc(Cl)cc3)c2)c1. The summed E-state index contributed by atoms with van der Waals surface area (Å²) >= 11 is 6.00. The normalized spacial score (nSPS) is 12.5. The summed E-state index contributed by atoms with van der Waals surface area (Å²) in [5, 5.41) is 4.28. The fourth-order valence-corrected chi connectivity index (χ4v) is 5.10. The Hall–Kier alpha value is -3.89. The van der Waals surface area contributed by atoms with E-state index in [0.717, 1.165) is 5.56 Å². The van der Waals surface area contributed by atoms with Gasteiger partial charge in [0.1, 0.15) is 11.5 Å². The summed E-state index contributed by atoms with van der Waals surface area (Å²) in [6, 6.07) is 19.2. The summed E-state index contributed by atoms with van der Waals surface area (Å²) in [7, 11) is -3.42. The molecule has 0 aliphatic carbocycles. The van der Waals surface area contributed by atoms with Gasteiger partial charge >= 0.3 is 0 Å². The zero-order valence-corrected chi connectivity index (χ0v) is 22.8. The van der Waals surface area contributed by atoms with Crippen LogP contribution in [0.1, 0.15) is 36.0 Å². The Bertz CT molecular complexity index is 1650. The number of aliphatic imine (C=N–C) groups is 1. The van der Waals surface area contributed by atoms with Crippen LogP contribution in [0.5, 0.6) is 0 Å². The minimum Gasteiger partial charge on any atom is -0.323 e. The molecule has 0 unspecified atom stereocenters. The minimum atomic E-state index is -3.42. The lowest BCUT2D eigenvalue weighted by Gasteiger charge is -2.15. The van der Waals surface area contributed by atoms with Gasteiger partial charge in [-0.1, -0.05) is 48.9 Å². The third-order valence-corrected chi connectivity index (χ3v) is 8.09. The molecule has 0 aliphatic heterocycles. The first kappa shape index (κ1) is 28.1. The van der Waals surface area contributed by atoms with E-state index in [1.165, 1.54) is 12.4 Å². The number of hydrogen-bond acceptors (Lipinski definition) is 6. The van der Waals surface area contributed by atoms with Crippen LogP contribution in [0.15, 0.2) is 87.9 Å². The molecule has 1 heterocycles. The van der Waals surface area contributed by atoms with Crippen molar-refractivity contribution in [2.45, 2.75) is 31.7 Å². The van der Waals surface area contributed by atoms with Gasteiger partial charge in [0, 0.05) is 16.8 Å². The lowest BCUT2D eigenvalue weighted by atomic mass is 9.99. The van der Waals surface area contributed by atoms with Crippen LogP contribution in [0, 0.1) is 6.92 Å². The third-order valence-electron chi connectivity index (χ3n) is 6.11. The van der Waals surface area contributed by atoms with Gasteiger partial charge in [-0.3, -0.25) is 4.99 Å². The fourth-order valence-electron chi connectivity index (χ4n) is 4.04. The first-order valence-corrected chi connectivity index (χ1v) is 14.0. The lowest BCUT2D eigenvalue weighted by Crippen LogP contribution is -2.11. The number of aromatic nitrogens is 2. The van der Waals surface area contributed by atoms with Crippen LogP contribution >= 0.6 is 11.6 Å². The second kappa shape index (κ2) is 11.9. The first-order chi connectivity index (χ1) is 18.6. The van der Waals surface area contributed by atoms with Crippen molar-refractivity contribution in [1.82, 2.24) is 9.55 Å². The fraction of sp³-hybridized carbons (Fsp3) is 0.179. The van der Waals surface area contributed by atoms with Crippen LogP contribution in [0.25, 0.3) is 16.8 Å². The van der Waals surface area contributed by atoms with E-state index in [-0.39, 0.29) is 22.9 Å². The highest BCUT2D eigenvalue weighted by molar-refractivity contribution is 7.91. The van der Waals surface area contributed by atoms with E-state index in [0.29, 0.717) is 38.9 Å². The molecule has 0 saturated heterocycles. The molecule has 39 heavy (non-hydrogen) atoms. The number of sulfone groups is 1. The molecular weight excluding hydrogens is 544 g/mol. The topological polar surface area (TPSA) is 103 Å². The van der Waals surface area contributed by atoms with Crippen LogP contribution in [0.2, 0.25) is 5.02 Å². The van der Waals surface area contributed by atoms with Gasteiger partial charge in [0.25, 0.3) is 6.43 Å². The predicted octanol–water partition coefficient (Wildman–Crippen LogP) is 6.17. The van der Waals surface area contributed by atoms with Crippen LogP contribution in [0.3, 0.4) is 0 Å². The van der Waals surface area contributed by atoms with Crippen molar-refractivity contribution in [3.63, 3.8) is 0 Å². The molecule has 0 spiro atoms. The van der Waals surface area contributed by atoms with Crippen LogP contribution in [-0.4, -0.2) is 35.6 Å². The van der Waals surface area contributed by atoms with Crippen molar-refractivity contribution in [2.24, 2.45) is 15.9 Å². The minimum absolute atomic E-state index is 0.0263. The number of nitrogens with zero attached hydrogens (tertiary/aromatic N) is 4. The van der Waals surface area contributed by atoms with Crippen molar-refractivity contribution in [1.29, 1.82) is 0 Å². The Labute approximate surface area is 230 Å². The zero-order chi connectivity index (χ0) is 28.2. The van der Waals surface area contributed by atoms with Gasteiger partial charge in [-0.15, -0.1) is 0 Å². The predicted molar refractivity (Wildman–Crippen MR) is 151 cm³/mol. The molecule has 7 nitrogen and oxygen atoms in total. The summed E-state index contributed by atoms with van der Waals surface area (Å²) < 4.78 is 53.4. The average molecular weight is 570 g/mol. The summed E-state index contributed by atoms with van der Waals surface area (Å²) in [4.78, 5) is 8.92. The number of benzene rings is 3. The van der Waals surface area contributed by atoms with E-state index >= 15 is 0 Å². The maximum Gasteiger partial charge on any atom is 0.281 e. The average Bonchev–Trinajstić information content (AvgIpc) is 3.33. The Balaban J connectivity index is 1.90. The summed E-state index contributed by atoms with van der Waals surface area (Å²) in [5.41, 5.74) is 3.35. The highest BCUT2D eigenvalue weighted by Crippen LogP contribution is 2.29. The Morgan fingerprint density at radius 2 is 1.82 bits per heavy atom. The van der Waals surface area contributed by atoms with E-state index in [2.05, 4.69) is 10.1 Å². The highest BCUT2D eigenvalue weighted by Gasteiger charge is 2.19. The van der Waals surface area contributed by atoms with Gasteiger partial charge in [0.05, 0.1) is 34.8 Å². The molecule has 0 atom stereocenters. The lowest BCUT2D eigenvalue weighted by molar-refractivity contribution is 0.146. The molecule has 4 aromatic rings. The zero-order valence-electron chi connectivity index (χ0n) is 21.2. The standard InChI is InChI=1S/C28H26ClF2N5O2S/c1-3-39(37,38)23-6-4-5-20(13-23)21-9-12-27(36-17-26(28(30)31)35-18(36)2)24(14-21)25(16-34-32)33-15-19-7-10-22(29)11-8-19/h4-14,16-17,28H,3,15,32H2,1-2H3. The Morgan fingerprint density at radius 1 is 1.10 bits per heavy atom. The van der Waals surface area contributed by atoms with Crippen molar-refractivity contribution in [3.8, 4) is 16.8 Å². The van der Waals surface area contributed by atoms with Crippen molar-refractivity contribution in [3.05, 3.63) is 101 Å². The van der Waals surface area contributed by atoms with E-state index in [4.69, 9.17) is 22.4 Å². The molecule has 0 aliphatic rings. The molecule has 1 aromatic heterocycles. The molecule has 11 heteroatoms. The summed E-state index contributed by atoms with van der Waals surface area (Å²) in [5.74, 6) is 5.87. The molecule has 3 aromatic carbocycles. The molecule has 202 valence electrons. The second-order valence-corrected chi connectivity index (χ2v) is 11.4. The molecular formula is C28H26ClF2N5O2S. The van der Waals surface area contributed by atoms with E-state index in [9.17, 15) is 17.2 Å². The van der Waals surface area contributed by atoms with E-state index in [1.54, 1.807) is 73.0 Å². The van der Waals surface area contributed by atoms with Gasteiger partial charge < -0.3 is 10.4 Å². The van der Waals surface area contributed by atoms with Crippen LogP contribution in [-0.2, 0) is 16.4 Å². The molecule has 4 rings (SSSR count). The number of imidazole rings is 1. The maximum absolute atomic E-state index is 13.4. The summed E-state index contributed by atoms with van der Waals surface area (Å²) in [6.45, 7) is 3.49. The highest BCUT2D eigenvalue weighted by atomic mass is 35.5. The van der Waals surface area contributed by atoms with Gasteiger partial charge in [-0.25, -0.2) is 22.2 Å². The number of hydrogen-bond donors (Lipinski definition) is 1. The number of rotatable bonds is 9. The van der Waals surface area contributed by atoms with E-state index in [1.807, 2.05) is 12.1 Å². The van der Waals surface area contributed by atoms with Crippen LogP contribution < -0.4 is 5.84 Å². The summed E-state index contributed by atoms with van der Waals surface area (Å²) in [6.07, 6.45) is -0.0697. The smallest absolute Gasteiger partial charge is 0.281 e. The molecule has 0 bridgehead atoms. The van der Waals surface area contributed by atoms with Crippen molar-refractivity contribution < 1.29 is 17.2 Å². The van der Waals surface area contributed by atoms with Gasteiger partial charge in [-0.2, -0.15) is 5.10 Å². The maximum atomic E-state index is 13.4. The number of halogens is 3. The van der Waals surface area contributed by atoms with Crippen molar-refractivity contribution in [2.75, 3.05) is 5.75 Å². The second-order valence-electron chi connectivity index (χ2n) is 8.65. The van der Waals surface area contributed by atoms with E-state index < -0.39 is 16.3 Å². The molecule has 2 N–H and O–H groups in total. The molecule has 0 saturated carbocycles. The Kier molecular flexibility index (Phi) is 8.57.